The lowest BCUT2D eigenvalue weighted by Crippen LogP contribution is -2.65. The summed E-state index contributed by atoms with van der Waals surface area (Å²) in [5.74, 6) is -4.32. The van der Waals surface area contributed by atoms with E-state index < -0.39 is 85.7 Å². The van der Waals surface area contributed by atoms with E-state index in [9.17, 15) is 46.8 Å². The maximum absolute atomic E-state index is 13.8. The van der Waals surface area contributed by atoms with Gasteiger partial charge in [0.25, 0.3) is 11.8 Å². The fourth-order valence-corrected chi connectivity index (χ4v) is 8.96. The van der Waals surface area contributed by atoms with Gasteiger partial charge in [0.05, 0.1) is 35.9 Å². The summed E-state index contributed by atoms with van der Waals surface area (Å²) in [5, 5.41) is 39.7. The van der Waals surface area contributed by atoms with Gasteiger partial charge in [-0.2, -0.15) is 0 Å². The topological polar surface area (TPSA) is 192 Å². The second kappa shape index (κ2) is 23.5. The zero-order valence-electron chi connectivity index (χ0n) is 37.9. The van der Waals surface area contributed by atoms with Crippen molar-refractivity contribution < 1.29 is 66.1 Å². The summed E-state index contributed by atoms with van der Waals surface area (Å²) < 4.78 is 66.6. The molecule has 348 valence electrons. The van der Waals surface area contributed by atoms with Gasteiger partial charge < -0.3 is 40.0 Å². The zero-order chi connectivity index (χ0) is 47.6. The van der Waals surface area contributed by atoms with Crippen molar-refractivity contribution in [3.8, 4) is 0 Å². The molecule has 4 aliphatic rings. The molecule has 2 bridgehead atoms. The molecule has 0 spiro atoms. The number of ketones is 2. The average Bonchev–Trinajstić information content (AvgIpc) is 3.54. The van der Waals surface area contributed by atoms with Crippen molar-refractivity contribution in [2.75, 3.05) is 13.1 Å². The molecule has 0 radical (unpaired) electrons. The molecule has 63 heavy (non-hydrogen) atoms. The Hall–Kier alpha value is -3.61. The van der Waals surface area contributed by atoms with E-state index in [0.29, 0.717) is 36.4 Å². The van der Waals surface area contributed by atoms with E-state index in [1.807, 2.05) is 27.7 Å². The Balaban J connectivity index is 0.000000306. The molecule has 6 atom stereocenters. The van der Waals surface area contributed by atoms with Gasteiger partial charge in [0.2, 0.25) is 0 Å². The van der Waals surface area contributed by atoms with Gasteiger partial charge in [-0.15, -0.1) is 0 Å². The number of hydrogen-bond acceptors (Lipinski definition) is 10. The Morgan fingerprint density at radius 2 is 1.24 bits per heavy atom. The maximum Gasteiger partial charge on any atom is 0.461 e. The van der Waals surface area contributed by atoms with Crippen LogP contribution in [0.1, 0.15) is 122 Å². The average molecular weight is 890 g/mol. The van der Waals surface area contributed by atoms with Gasteiger partial charge in [0, 0.05) is 24.5 Å². The third-order valence-electron chi connectivity index (χ3n) is 12.2. The summed E-state index contributed by atoms with van der Waals surface area (Å²) in [7, 11) is -3.21. The number of carbonyl (C=O) groups is 4. The fourth-order valence-electron chi connectivity index (χ4n) is 8.96. The minimum absolute atomic E-state index is 0.0414. The second-order valence-corrected chi connectivity index (χ2v) is 19.2. The quantitative estimate of drug-likeness (QED) is 0.0716. The van der Waals surface area contributed by atoms with Crippen LogP contribution < -0.4 is 10.6 Å². The summed E-state index contributed by atoms with van der Waals surface area (Å²) in [6.45, 7) is 18.0. The summed E-state index contributed by atoms with van der Waals surface area (Å²) in [6.07, 6.45) is 3.91. The number of carbonyl (C=O) groups excluding carboxylic acids is 4. The SMILES string of the molecule is CC(C)CB(O)O.CC(C)C[C@H](CC(=O)CNC(=O)c1cc(F)ccc1F)B(O)O.CC(C)C[C@H](CC(=O)CNC(=O)c1cc(F)ccc1F)B1O[C@@H]2C[C@@H]3C[C@@H](C3(C)C)[C@]2(C)O1. The largest absolute Gasteiger partial charge is 0.461 e. The van der Waals surface area contributed by atoms with Crippen LogP contribution in [0, 0.1) is 58.3 Å². The van der Waals surface area contributed by atoms with Gasteiger partial charge in [-0.05, 0) is 110 Å². The Bertz CT molecular complexity index is 1870. The molecule has 0 unspecified atom stereocenters. The fraction of sp³-hybridized carbons (Fsp3) is 0.636. The molecule has 12 nitrogen and oxygen atoms in total. The summed E-state index contributed by atoms with van der Waals surface area (Å²) in [6, 6.07) is 5.12. The van der Waals surface area contributed by atoms with Crippen molar-refractivity contribution in [2.24, 2.45) is 35.0 Å². The predicted molar refractivity (Wildman–Crippen MR) is 233 cm³/mol. The van der Waals surface area contributed by atoms with Crippen molar-refractivity contribution in [2.45, 2.75) is 130 Å². The summed E-state index contributed by atoms with van der Waals surface area (Å²) >= 11 is 0. The first-order valence-corrected chi connectivity index (χ1v) is 21.8. The molecule has 3 saturated carbocycles. The van der Waals surface area contributed by atoms with Gasteiger partial charge in [-0.3, -0.25) is 19.2 Å². The van der Waals surface area contributed by atoms with Gasteiger partial charge in [-0.1, -0.05) is 55.4 Å². The van der Waals surface area contributed by atoms with Gasteiger partial charge in [0.1, 0.15) is 23.3 Å². The highest BCUT2D eigenvalue weighted by atomic mass is 19.1. The molecule has 2 amide bonds. The van der Waals surface area contributed by atoms with E-state index in [0.717, 1.165) is 55.7 Å². The van der Waals surface area contributed by atoms with Crippen molar-refractivity contribution in [1.29, 1.82) is 0 Å². The molecule has 3 aliphatic carbocycles. The molecule has 6 N–H and O–H groups in total. The van der Waals surface area contributed by atoms with Crippen LogP contribution in [0.25, 0.3) is 0 Å². The van der Waals surface area contributed by atoms with E-state index >= 15 is 0 Å². The molecule has 0 aromatic heterocycles. The number of Topliss-reactive ketones (excluding diaryl/α,β-unsaturated/α-hetero) is 2. The third-order valence-corrected chi connectivity index (χ3v) is 12.2. The van der Waals surface area contributed by atoms with Crippen molar-refractivity contribution >= 4 is 44.7 Å². The lowest BCUT2D eigenvalue weighted by Gasteiger charge is -2.64. The van der Waals surface area contributed by atoms with Crippen molar-refractivity contribution in [3.63, 3.8) is 0 Å². The predicted octanol–water partition coefficient (Wildman–Crippen LogP) is 6.46. The van der Waals surface area contributed by atoms with Gasteiger partial charge in [-0.25, -0.2) is 17.6 Å². The Morgan fingerprint density at radius 1 is 0.746 bits per heavy atom. The van der Waals surface area contributed by atoms with E-state index in [-0.39, 0.29) is 54.0 Å². The molecular formula is C44H65B3F4N2O10. The molecule has 2 aromatic rings. The molecule has 1 saturated heterocycles. The van der Waals surface area contributed by atoms with E-state index in [2.05, 4.69) is 45.3 Å². The standard InChI is InChI=1S/C25H34BF2NO4.C15H20BF2NO4.C4H11BO2/c1-14(2)8-16(11-18(30)13-29-23(31)19-12-17(27)6-7-20(19)28)26-32-22-10-15-9-21(24(15,3)4)25(22,5)33-26;1-9(2)5-10(16(22)23)6-12(20)8-19-15(21)13-7-11(17)3-4-14(13)18;1-4(2)3-5(6)7/h6-7,12,14-16,21-22H,8-11,13H2,1-5H3,(H,29,31);3-4,7,9-10,22-23H,5-6,8H2,1-2H3,(H,19,21);4,6-7H,3H2,1-2H3/t15-,16+,21-,22+,25-;10-;/m01./s1. The first-order valence-electron chi connectivity index (χ1n) is 21.8. The van der Waals surface area contributed by atoms with Gasteiger partial charge >= 0.3 is 21.4 Å². The van der Waals surface area contributed by atoms with Crippen LogP contribution in [-0.4, -0.2) is 89.6 Å². The molecule has 1 heterocycles. The highest BCUT2D eigenvalue weighted by Crippen LogP contribution is 2.66. The van der Waals surface area contributed by atoms with E-state index in [1.54, 1.807) is 0 Å². The monoisotopic (exact) mass is 890 g/mol. The molecular weight excluding hydrogens is 825 g/mol. The first-order chi connectivity index (χ1) is 29.2. The smallest absolute Gasteiger partial charge is 0.427 e. The third kappa shape index (κ3) is 15.5. The van der Waals surface area contributed by atoms with Crippen LogP contribution in [0.4, 0.5) is 17.6 Å². The van der Waals surface area contributed by atoms with E-state index in [1.165, 1.54) is 0 Å². The molecule has 2 aromatic carbocycles. The summed E-state index contributed by atoms with van der Waals surface area (Å²) in [4.78, 5) is 48.6. The van der Waals surface area contributed by atoms with Crippen LogP contribution in [0.5, 0.6) is 0 Å². The minimum atomic E-state index is -1.63. The molecule has 6 rings (SSSR count). The number of nitrogens with one attached hydrogen (secondary N) is 2. The number of benzene rings is 2. The number of halogens is 4. The maximum atomic E-state index is 13.8. The van der Waals surface area contributed by atoms with Gasteiger partial charge in [0.15, 0.2) is 11.6 Å². The highest BCUT2D eigenvalue weighted by Gasteiger charge is 2.68. The van der Waals surface area contributed by atoms with E-state index in [4.69, 9.17) is 19.4 Å². The molecule has 4 fully saturated rings. The van der Waals surface area contributed by atoms with Crippen LogP contribution in [-0.2, 0) is 18.9 Å². The number of amides is 2. The molecule has 19 heteroatoms. The Morgan fingerprint density at radius 3 is 1.65 bits per heavy atom. The molecule has 1 aliphatic heterocycles. The van der Waals surface area contributed by atoms with Crippen LogP contribution in [0.3, 0.4) is 0 Å². The zero-order valence-corrected chi connectivity index (χ0v) is 37.9. The van der Waals surface area contributed by atoms with Crippen molar-refractivity contribution in [1.82, 2.24) is 10.6 Å². The number of rotatable bonds is 18. The van der Waals surface area contributed by atoms with Crippen LogP contribution in [0.15, 0.2) is 36.4 Å². The first kappa shape index (κ1) is 53.7. The van der Waals surface area contributed by atoms with Crippen LogP contribution in [0.2, 0.25) is 18.0 Å². The Labute approximate surface area is 370 Å². The summed E-state index contributed by atoms with van der Waals surface area (Å²) in [5.41, 5.74) is -1.01. The second-order valence-electron chi connectivity index (χ2n) is 19.2. The lowest BCUT2D eigenvalue weighted by atomic mass is 9.43. The normalized spacial score (nSPS) is 21.5. The number of hydrogen-bond donors (Lipinski definition) is 6. The van der Waals surface area contributed by atoms with Crippen LogP contribution >= 0.6 is 0 Å². The Kier molecular flexibility index (Phi) is 20.1. The lowest BCUT2D eigenvalue weighted by molar-refractivity contribution is -0.199. The minimum Gasteiger partial charge on any atom is -0.427 e. The highest BCUT2D eigenvalue weighted by molar-refractivity contribution is 6.48. The van der Waals surface area contributed by atoms with Crippen molar-refractivity contribution in [3.05, 3.63) is 70.8 Å².